The monoisotopic (exact) mass is 238 g/mol. The molecule has 0 saturated heterocycles. The number of aromatic nitrogens is 3. The van der Waals surface area contributed by atoms with Crippen molar-refractivity contribution < 1.29 is 9.32 Å². The van der Waals surface area contributed by atoms with Gasteiger partial charge < -0.3 is 9.84 Å². The smallest absolute Gasteiger partial charge is 0.270 e. The molecule has 2 aromatic heterocycles. The standard InChI is InChI=1S/C9H7ClN4O2/c10-7-3-1-2-6(13-7)9(15)11-4-8-12-5-16-14-8/h1-3,5H,4H2,(H,11,15). The molecule has 0 aliphatic heterocycles. The van der Waals surface area contributed by atoms with E-state index in [1.165, 1.54) is 6.39 Å². The summed E-state index contributed by atoms with van der Waals surface area (Å²) >= 11 is 5.66. The number of amides is 1. The number of nitrogens with one attached hydrogen (secondary N) is 1. The molecule has 16 heavy (non-hydrogen) atoms. The van der Waals surface area contributed by atoms with E-state index in [-0.39, 0.29) is 23.3 Å². The average molecular weight is 239 g/mol. The van der Waals surface area contributed by atoms with Crippen molar-refractivity contribution in [2.75, 3.05) is 0 Å². The average Bonchev–Trinajstić information content (AvgIpc) is 2.78. The molecule has 82 valence electrons. The fraction of sp³-hybridized carbons (Fsp3) is 0.111. The number of halogens is 1. The molecule has 2 aromatic rings. The van der Waals surface area contributed by atoms with E-state index in [1.807, 2.05) is 0 Å². The summed E-state index contributed by atoms with van der Waals surface area (Å²) in [4.78, 5) is 19.2. The van der Waals surface area contributed by atoms with Crippen LogP contribution in [0.1, 0.15) is 16.3 Å². The molecule has 2 heterocycles. The maximum atomic E-state index is 11.6. The summed E-state index contributed by atoms with van der Waals surface area (Å²) in [5, 5.41) is 6.41. The lowest BCUT2D eigenvalue weighted by Gasteiger charge is -2.01. The van der Waals surface area contributed by atoms with Crippen LogP contribution in [0.5, 0.6) is 0 Å². The first-order valence-corrected chi connectivity index (χ1v) is 4.79. The van der Waals surface area contributed by atoms with E-state index in [0.29, 0.717) is 5.82 Å². The van der Waals surface area contributed by atoms with Crippen LogP contribution in [-0.4, -0.2) is 21.0 Å². The lowest BCUT2D eigenvalue weighted by Crippen LogP contribution is -2.24. The summed E-state index contributed by atoms with van der Waals surface area (Å²) in [6.45, 7) is 0.184. The highest BCUT2D eigenvalue weighted by atomic mass is 35.5. The Labute approximate surface area is 95.6 Å². The summed E-state index contributed by atoms with van der Waals surface area (Å²) in [5.41, 5.74) is 0.246. The number of pyridine rings is 1. The van der Waals surface area contributed by atoms with Crippen LogP contribution < -0.4 is 5.32 Å². The Kier molecular flexibility index (Phi) is 3.11. The van der Waals surface area contributed by atoms with Gasteiger partial charge >= 0.3 is 0 Å². The topological polar surface area (TPSA) is 80.9 Å². The third-order valence-electron chi connectivity index (χ3n) is 1.76. The van der Waals surface area contributed by atoms with Gasteiger partial charge in [0.25, 0.3) is 5.91 Å². The molecule has 2 rings (SSSR count). The summed E-state index contributed by atoms with van der Waals surface area (Å²) in [6.07, 6.45) is 1.19. The van der Waals surface area contributed by atoms with Gasteiger partial charge in [-0.15, -0.1) is 0 Å². The molecular weight excluding hydrogens is 232 g/mol. The van der Waals surface area contributed by atoms with Crippen molar-refractivity contribution in [3.63, 3.8) is 0 Å². The van der Waals surface area contributed by atoms with Crippen LogP contribution in [0.2, 0.25) is 5.15 Å². The molecule has 1 N–H and O–H groups in total. The highest BCUT2D eigenvalue weighted by Crippen LogP contribution is 2.04. The second kappa shape index (κ2) is 4.71. The van der Waals surface area contributed by atoms with Crippen LogP contribution in [0.25, 0.3) is 0 Å². The van der Waals surface area contributed by atoms with E-state index in [0.717, 1.165) is 0 Å². The molecule has 0 fully saturated rings. The fourth-order valence-electron chi connectivity index (χ4n) is 1.05. The Morgan fingerprint density at radius 2 is 2.38 bits per heavy atom. The Balaban J connectivity index is 1.98. The molecule has 1 amide bonds. The first-order chi connectivity index (χ1) is 7.75. The minimum Gasteiger partial charge on any atom is -0.343 e. The highest BCUT2D eigenvalue weighted by Gasteiger charge is 2.08. The van der Waals surface area contributed by atoms with Gasteiger partial charge in [-0.25, -0.2) is 4.98 Å². The molecule has 0 atom stereocenters. The zero-order chi connectivity index (χ0) is 11.4. The molecule has 0 aliphatic rings. The second-order valence-corrected chi connectivity index (χ2v) is 3.26. The van der Waals surface area contributed by atoms with E-state index in [2.05, 4.69) is 25.0 Å². The molecule has 0 radical (unpaired) electrons. The van der Waals surface area contributed by atoms with Crippen LogP contribution >= 0.6 is 11.6 Å². The quantitative estimate of drug-likeness (QED) is 0.809. The number of hydrogen-bond acceptors (Lipinski definition) is 5. The summed E-state index contributed by atoms with van der Waals surface area (Å²) in [7, 11) is 0. The van der Waals surface area contributed by atoms with Crippen molar-refractivity contribution >= 4 is 17.5 Å². The third kappa shape index (κ3) is 2.54. The Morgan fingerprint density at radius 3 is 3.06 bits per heavy atom. The molecule has 0 unspecified atom stereocenters. The molecule has 0 saturated carbocycles. The van der Waals surface area contributed by atoms with Gasteiger partial charge in [0.1, 0.15) is 10.8 Å². The van der Waals surface area contributed by atoms with Crippen molar-refractivity contribution in [1.82, 2.24) is 20.4 Å². The maximum Gasteiger partial charge on any atom is 0.270 e. The van der Waals surface area contributed by atoms with Crippen molar-refractivity contribution in [3.8, 4) is 0 Å². The minimum absolute atomic E-state index is 0.184. The summed E-state index contributed by atoms with van der Waals surface area (Å²) in [5.74, 6) is 0.0580. The summed E-state index contributed by atoms with van der Waals surface area (Å²) < 4.78 is 4.52. The number of carbonyl (C=O) groups is 1. The first kappa shape index (κ1) is 10.6. The first-order valence-electron chi connectivity index (χ1n) is 4.42. The van der Waals surface area contributed by atoms with Crippen LogP contribution in [-0.2, 0) is 6.54 Å². The Bertz CT molecular complexity index is 486. The molecule has 0 bridgehead atoms. The molecule has 0 aliphatic carbocycles. The lowest BCUT2D eigenvalue weighted by molar-refractivity contribution is 0.0944. The zero-order valence-corrected chi connectivity index (χ0v) is 8.81. The van der Waals surface area contributed by atoms with Crippen molar-refractivity contribution in [2.45, 2.75) is 6.54 Å². The van der Waals surface area contributed by atoms with Crippen LogP contribution in [0.4, 0.5) is 0 Å². The predicted octanol–water partition coefficient (Wildman–Crippen LogP) is 1.05. The van der Waals surface area contributed by atoms with Gasteiger partial charge in [0.2, 0.25) is 6.39 Å². The van der Waals surface area contributed by atoms with Crippen LogP contribution in [0.15, 0.2) is 29.1 Å². The third-order valence-corrected chi connectivity index (χ3v) is 1.97. The van der Waals surface area contributed by atoms with Gasteiger partial charge in [-0.3, -0.25) is 4.79 Å². The number of rotatable bonds is 3. The van der Waals surface area contributed by atoms with E-state index >= 15 is 0 Å². The SMILES string of the molecule is O=C(NCc1ncon1)c1cccc(Cl)n1. The molecule has 0 spiro atoms. The van der Waals surface area contributed by atoms with Gasteiger partial charge in [0.05, 0.1) is 6.54 Å². The highest BCUT2D eigenvalue weighted by molar-refractivity contribution is 6.29. The molecule has 7 heteroatoms. The predicted molar refractivity (Wildman–Crippen MR) is 54.7 cm³/mol. The van der Waals surface area contributed by atoms with Gasteiger partial charge in [0.15, 0.2) is 5.82 Å². The molecular formula is C9H7ClN4O2. The van der Waals surface area contributed by atoms with Gasteiger partial charge in [0, 0.05) is 0 Å². The van der Waals surface area contributed by atoms with Gasteiger partial charge in [-0.05, 0) is 12.1 Å². The number of carbonyl (C=O) groups excluding carboxylic acids is 1. The van der Waals surface area contributed by atoms with Crippen molar-refractivity contribution in [2.24, 2.45) is 0 Å². The zero-order valence-electron chi connectivity index (χ0n) is 8.05. The van der Waals surface area contributed by atoms with E-state index < -0.39 is 0 Å². The number of nitrogens with zero attached hydrogens (tertiary/aromatic N) is 3. The van der Waals surface area contributed by atoms with Crippen molar-refractivity contribution in [3.05, 3.63) is 41.3 Å². The second-order valence-electron chi connectivity index (χ2n) is 2.88. The normalized spacial score (nSPS) is 10.1. The Morgan fingerprint density at radius 1 is 1.50 bits per heavy atom. The van der Waals surface area contributed by atoms with Crippen molar-refractivity contribution in [1.29, 1.82) is 0 Å². The maximum absolute atomic E-state index is 11.6. The Hall–Kier alpha value is -1.95. The van der Waals surface area contributed by atoms with E-state index in [9.17, 15) is 4.79 Å². The van der Waals surface area contributed by atoms with E-state index in [4.69, 9.17) is 11.6 Å². The molecule has 6 nitrogen and oxygen atoms in total. The lowest BCUT2D eigenvalue weighted by atomic mass is 10.3. The van der Waals surface area contributed by atoms with Crippen LogP contribution in [0, 0.1) is 0 Å². The fourth-order valence-corrected chi connectivity index (χ4v) is 1.22. The number of hydrogen-bond donors (Lipinski definition) is 1. The molecule has 0 aromatic carbocycles. The van der Waals surface area contributed by atoms with E-state index in [1.54, 1.807) is 18.2 Å². The van der Waals surface area contributed by atoms with Crippen LogP contribution in [0.3, 0.4) is 0 Å². The largest absolute Gasteiger partial charge is 0.343 e. The summed E-state index contributed by atoms with van der Waals surface area (Å²) in [6, 6.07) is 4.81. The van der Waals surface area contributed by atoms with Gasteiger partial charge in [-0.1, -0.05) is 22.8 Å². The van der Waals surface area contributed by atoms with Gasteiger partial charge in [-0.2, -0.15) is 4.98 Å². The minimum atomic E-state index is -0.340.